The highest BCUT2D eigenvalue weighted by atomic mass is 79.9. The predicted octanol–water partition coefficient (Wildman–Crippen LogP) is 5.41. The monoisotopic (exact) mass is 410 g/mol. The predicted molar refractivity (Wildman–Crippen MR) is 83.8 cm³/mol. The van der Waals surface area contributed by atoms with E-state index in [1.807, 2.05) is 0 Å². The second kappa shape index (κ2) is 6.52. The lowest BCUT2D eigenvalue weighted by Gasteiger charge is -2.17. The van der Waals surface area contributed by atoms with Crippen LogP contribution in [0.4, 0.5) is 8.78 Å². The van der Waals surface area contributed by atoms with Crippen LogP contribution in [-0.4, -0.2) is 0 Å². The number of benzene rings is 2. The first-order chi connectivity index (χ1) is 8.58. The molecule has 0 aliphatic carbocycles. The Balaban J connectivity index is 2.20. The van der Waals surface area contributed by atoms with Gasteiger partial charge in [-0.3, -0.25) is 0 Å². The van der Waals surface area contributed by atoms with Crippen molar-refractivity contribution in [3.05, 3.63) is 60.2 Å². The third-order valence-electron chi connectivity index (χ3n) is 2.23. The molecule has 0 aromatic heterocycles. The Kier molecular flexibility index (Phi) is 5.26. The smallest absolute Gasteiger partial charge is 0.123 e. The van der Waals surface area contributed by atoms with E-state index in [0.717, 1.165) is 10.6 Å². The molecule has 0 heterocycles. The molecule has 6 heteroatoms. The van der Waals surface area contributed by atoms with Gasteiger partial charge in [-0.2, -0.15) is 0 Å². The largest absolute Gasteiger partial charge is 0.207 e. The van der Waals surface area contributed by atoms with Gasteiger partial charge in [0.1, 0.15) is 11.6 Å². The molecular weight excluding hydrogens is 404 g/mol. The molecule has 0 radical (unpaired) electrons. The molecule has 18 heavy (non-hydrogen) atoms. The maximum atomic E-state index is 12.9. The molecule has 0 spiro atoms. The molecule has 2 aromatic rings. The Hall–Kier alpha value is 0.120. The molecule has 0 nitrogen and oxygen atoms in total. The van der Waals surface area contributed by atoms with Gasteiger partial charge in [0.15, 0.2) is 0 Å². The van der Waals surface area contributed by atoms with Crippen LogP contribution in [0.2, 0.25) is 0 Å². The van der Waals surface area contributed by atoms with Crippen molar-refractivity contribution in [3.8, 4) is 0 Å². The summed E-state index contributed by atoms with van der Waals surface area (Å²) < 4.78 is 25.7. The first-order valence-corrected chi connectivity index (χ1v) is 12.4. The minimum Gasteiger partial charge on any atom is -0.207 e. The van der Waals surface area contributed by atoms with Crippen LogP contribution in [-0.2, 0) is 0 Å². The van der Waals surface area contributed by atoms with Crippen molar-refractivity contribution in [2.75, 3.05) is 0 Å². The maximum Gasteiger partial charge on any atom is 0.123 e. The summed E-state index contributed by atoms with van der Waals surface area (Å²) in [5.74, 6) is -0.481. The van der Waals surface area contributed by atoms with Crippen LogP contribution >= 0.6 is 43.6 Å². The van der Waals surface area contributed by atoms with Gasteiger partial charge in [-0.25, -0.2) is 8.78 Å². The van der Waals surface area contributed by atoms with E-state index in [1.165, 1.54) is 24.3 Å². The van der Waals surface area contributed by atoms with E-state index >= 15 is 0 Å². The lowest BCUT2D eigenvalue weighted by atomic mass is 10.4. The van der Waals surface area contributed by atoms with Crippen LogP contribution in [0.15, 0.2) is 48.5 Å². The molecule has 2 aromatic carbocycles. The van der Waals surface area contributed by atoms with Crippen molar-refractivity contribution in [2.24, 2.45) is 0 Å². The van der Waals surface area contributed by atoms with Crippen LogP contribution in [0.3, 0.4) is 0 Å². The molecule has 0 saturated heterocycles. The Bertz CT molecular complexity index is 467. The van der Waals surface area contributed by atoms with Gasteiger partial charge in [-0.15, -0.1) is 0 Å². The number of halogens is 4. The van der Waals surface area contributed by atoms with Gasteiger partial charge in [0.05, 0.1) is 0 Å². The van der Waals surface area contributed by atoms with Crippen molar-refractivity contribution < 1.29 is 8.78 Å². The van der Waals surface area contributed by atoms with E-state index in [1.54, 1.807) is 24.3 Å². The van der Waals surface area contributed by atoms with Gasteiger partial charge in [0, 0.05) is 12.6 Å². The summed E-state index contributed by atoms with van der Waals surface area (Å²) >= 11 is 7.32. The lowest BCUT2D eigenvalue weighted by Crippen LogP contribution is -2.00. The van der Waals surface area contributed by atoms with Crippen LogP contribution in [0.1, 0.15) is 0 Å². The van der Waals surface area contributed by atoms with Crippen LogP contribution in [0.25, 0.3) is 0 Å². The standard InChI is InChI=1S/C12H8Br2F2P2/c13-17(11-5-1-9(15)2-6-11)18(14)12-7-3-10(16)4-8-12/h1-8H. The maximum absolute atomic E-state index is 12.9. The topological polar surface area (TPSA) is 0 Å². The fraction of sp³-hybridized carbons (Fsp3) is 0. The van der Waals surface area contributed by atoms with Crippen molar-refractivity contribution in [1.29, 1.82) is 0 Å². The van der Waals surface area contributed by atoms with Gasteiger partial charge in [-0.05, 0) is 65.9 Å². The highest BCUT2D eigenvalue weighted by Gasteiger charge is 2.19. The summed E-state index contributed by atoms with van der Waals surface area (Å²) in [7, 11) is 0. The zero-order valence-electron chi connectivity index (χ0n) is 9.03. The van der Waals surface area contributed by atoms with Gasteiger partial charge in [0.2, 0.25) is 0 Å². The SMILES string of the molecule is Fc1ccc(P(Br)P(Br)c2ccc(F)cc2)cc1. The molecule has 0 aliphatic heterocycles. The molecule has 0 aliphatic rings. The van der Waals surface area contributed by atoms with E-state index < -0.39 is 12.6 Å². The van der Waals surface area contributed by atoms with Crippen molar-refractivity contribution in [1.82, 2.24) is 0 Å². The second-order valence-electron chi connectivity index (χ2n) is 3.47. The number of hydrogen-bond donors (Lipinski definition) is 0. The van der Waals surface area contributed by atoms with E-state index in [0.29, 0.717) is 0 Å². The highest BCUT2D eigenvalue weighted by Crippen LogP contribution is 2.76. The van der Waals surface area contributed by atoms with Gasteiger partial charge in [-0.1, -0.05) is 24.3 Å². The Morgan fingerprint density at radius 2 is 0.889 bits per heavy atom. The third kappa shape index (κ3) is 3.57. The summed E-state index contributed by atoms with van der Waals surface area (Å²) in [5.41, 5.74) is 0. The van der Waals surface area contributed by atoms with Crippen LogP contribution in [0, 0.1) is 11.6 Å². The molecule has 0 saturated carbocycles. The summed E-state index contributed by atoms with van der Waals surface area (Å²) in [6.07, 6.45) is -1.26. The van der Waals surface area contributed by atoms with Crippen LogP contribution < -0.4 is 10.6 Å². The highest BCUT2D eigenvalue weighted by molar-refractivity contribution is 9.60. The first kappa shape index (κ1) is 14.5. The molecule has 0 fully saturated rings. The fourth-order valence-electron chi connectivity index (χ4n) is 1.33. The normalized spacial score (nSPS) is 14.2. The Labute approximate surface area is 123 Å². The summed E-state index contributed by atoms with van der Waals surface area (Å²) in [6, 6.07) is 12.9. The van der Waals surface area contributed by atoms with E-state index in [4.69, 9.17) is 0 Å². The molecule has 0 N–H and O–H groups in total. The average molecular weight is 412 g/mol. The minimum atomic E-state index is -0.630. The summed E-state index contributed by atoms with van der Waals surface area (Å²) in [5, 5.41) is 2.11. The molecular formula is C12H8Br2F2P2. The summed E-state index contributed by atoms with van der Waals surface area (Å²) in [4.78, 5) is 0. The molecule has 2 unspecified atom stereocenters. The minimum absolute atomic E-state index is 0.240. The number of rotatable bonds is 3. The summed E-state index contributed by atoms with van der Waals surface area (Å²) in [6.45, 7) is 0. The van der Waals surface area contributed by atoms with Gasteiger partial charge < -0.3 is 0 Å². The zero-order valence-corrected chi connectivity index (χ0v) is 14.0. The molecule has 2 atom stereocenters. The van der Waals surface area contributed by atoms with E-state index in [-0.39, 0.29) is 11.6 Å². The molecule has 94 valence electrons. The van der Waals surface area contributed by atoms with Gasteiger partial charge >= 0.3 is 0 Å². The lowest BCUT2D eigenvalue weighted by molar-refractivity contribution is 0.628. The van der Waals surface area contributed by atoms with Crippen molar-refractivity contribution in [3.63, 3.8) is 0 Å². The number of hydrogen-bond acceptors (Lipinski definition) is 0. The third-order valence-corrected chi connectivity index (χ3v) is 18.3. The van der Waals surface area contributed by atoms with Crippen molar-refractivity contribution >= 4 is 54.2 Å². The van der Waals surface area contributed by atoms with Gasteiger partial charge in [0.25, 0.3) is 0 Å². The second-order valence-corrected chi connectivity index (χ2v) is 15.5. The molecule has 0 amide bonds. The zero-order chi connectivity index (χ0) is 13.1. The fourth-order valence-corrected chi connectivity index (χ4v) is 9.26. The van der Waals surface area contributed by atoms with Crippen LogP contribution in [0.5, 0.6) is 0 Å². The first-order valence-electron chi connectivity index (χ1n) is 5.01. The Morgan fingerprint density at radius 3 is 1.17 bits per heavy atom. The average Bonchev–Trinajstić information content (AvgIpc) is 2.39. The van der Waals surface area contributed by atoms with E-state index in [9.17, 15) is 8.78 Å². The Morgan fingerprint density at radius 1 is 0.611 bits per heavy atom. The molecule has 0 bridgehead atoms. The molecule has 2 rings (SSSR count). The van der Waals surface area contributed by atoms with E-state index in [2.05, 4.69) is 31.0 Å². The quantitative estimate of drug-likeness (QED) is 0.592. The van der Waals surface area contributed by atoms with Crippen molar-refractivity contribution in [2.45, 2.75) is 0 Å².